The molecule has 27 heavy (non-hydrogen) atoms. The lowest BCUT2D eigenvalue weighted by Crippen LogP contribution is -2.55. The van der Waals surface area contributed by atoms with Crippen LogP contribution < -0.4 is 20.5 Å². The number of carbonyl (C=O) groups is 1. The SMILES string of the molecule is CCOc1ccc2c(c1)CC(C(=O)NC1C3CCCC1CC(N)C3)CO2.Cl. The average molecular weight is 395 g/mol. The van der Waals surface area contributed by atoms with Gasteiger partial charge in [-0.1, -0.05) is 6.42 Å². The second kappa shape index (κ2) is 8.70. The largest absolute Gasteiger partial charge is 0.494 e. The van der Waals surface area contributed by atoms with Gasteiger partial charge in [-0.2, -0.15) is 0 Å². The molecule has 3 aliphatic rings. The van der Waals surface area contributed by atoms with Crippen LogP contribution in [0, 0.1) is 17.8 Å². The number of ether oxygens (including phenoxy) is 2. The van der Waals surface area contributed by atoms with Crippen LogP contribution in [0.1, 0.15) is 44.6 Å². The fourth-order valence-corrected chi connectivity index (χ4v) is 5.10. The van der Waals surface area contributed by atoms with Crippen LogP contribution in [-0.2, 0) is 11.2 Å². The summed E-state index contributed by atoms with van der Waals surface area (Å²) in [5.41, 5.74) is 7.27. The molecule has 2 bridgehead atoms. The number of carbonyl (C=O) groups excluding carboxylic acids is 1. The number of hydrogen-bond acceptors (Lipinski definition) is 4. The van der Waals surface area contributed by atoms with E-state index in [4.69, 9.17) is 15.2 Å². The number of nitrogens with two attached hydrogens (primary N) is 1. The van der Waals surface area contributed by atoms with Gasteiger partial charge in [0.15, 0.2) is 0 Å². The number of benzene rings is 1. The van der Waals surface area contributed by atoms with Crippen molar-refractivity contribution in [1.82, 2.24) is 5.32 Å². The first-order valence-electron chi connectivity index (χ1n) is 10.1. The predicted molar refractivity (Wildman–Crippen MR) is 108 cm³/mol. The van der Waals surface area contributed by atoms with Gasteiger partial charge >= 0.3 is 0 Å². The molecular weight excluding hydrogens is 364 g/mol. The van der Waals surface area contributed by atoms with Crippen molar-refractivity contribution in [1.29, 1.82) is 0 Å². The summed E-state index contributed by atoms with van der Waals surface area (Å²) in [5, 5.41) is 3.38. The zero-order chi connectivity index (χ0) is 18.1. The first kappa shape index (κ1) is 20.3. The number of hydrogen-bond donors (Lipinski definition) is 2. The molecule has 150 valence electrons. The molecule has 0 saturated heterocycles. The first-order chi connectivity index (χ1) is 12.6. The van der Waals surface area contributed by atoms with E-state index in [2.05, 4.69) is 5.32 Å². The minimum Gasteiger partial charge on any atom is -0.494 e. The van der Waals surface area contributed by atoms with Crippen molar-refractivity contribution in [3.63, 3.8) is 0 Å². The Morgan fingerprint density at radius 1 is 1.30 bits per heavy atom. The molecule has 3 atom stereocenters. The van der Waals surface area contributed by atoms with Crippen LogP contribution in [0.5, 0.6) is 11.5 Å². The summed E-state index contributed by atoms with van der Waals surface area (Å²) >= 11 is 0. The Hall–Kier alpha value is -1.46. The summed E-state index contributed by atoms with van der Waals surface area (Å²) in [5.74, 6) is 2.81. The van der Waals surface area contributed by atoms with Gasteiger partial charge in [0, 0.05) is 12.1 Å². The topological polar surface area (TPSA) is 73.6 Å². The highest BCUT2D eigenvalue weighted by Crippen LogP contribution is 2.40. The summed E-state index contributed by atoms with van der Waals surface area (Å²) in [6.45, 7) is 3.06. The average Bonchev–Trinajstić information content (AvgIpc) is 2.62. The minimum absolute atomic E-state index is 0. The predicted octanol–water partition coefficient (Wildman–Crippen LogP) is 3.08. The van der Waals surface area contributed by atoms with E-state index in [1.165, 1.54) is 19.3 Å². The van der Waals surface area contributed by atoms with Crippen LogP contribution in [0.3, 0.4) is 0 Å². The molecule has 1 aromatic carbocycles. The van der Waals surface area contributed by atoms with Crippen LogP contribution in [0.4, 0.5) is 0 Å². The lowest BCUT2D eigenvalue weighted by atomic mass is 9.67. The van der Waals surface area contributed by atoms with Gasteiger partial charge in [-0.05, 0) is 74.6 Å². The van der Waals surface area contributed by atoms with Crippen molar-refractivity contribution in [3.05, 3.63) is 23.8 Å². The highest BCUT2D eigenvalue weighted by molar-refractivity contribution is 5.85. The van der Waals surface area contributed by atoms with E-state index in [-0.39, 0.29) is 24.2 Å². The van der Waals surface area contributed by atoms with Crippen LogP contribution in [0.15, 0.2) is 18.2 Å². The van der Waals surface area contributed by atoms with E-state index in [0.717, 1.165) is 29.9 Å². The highest BCUT2D eigenvalue weighted by Gasteiger charge is 2.41. The molecule has 1 heterocycles. The van der Waals surface area contributed by atoms with Gasteiger partial charge in [-0.25, -0.2) is 0 Å². The summed E-state index contributed by atoms with van der Waals surface area (Å²) in [7, 11) is 0. The van der Waals surface area contributed by atoms with E-state index in [9.17, 15) is 4.79 Å². The summed E-state index contributed by atoms with van der Waals surface area (Å²) in [6, 6.07) is 6.48. The third-order valence-electron chi connectivity index (χ3n) is 6.31. The van der Waals surface area contributed by atoms with Gasteiger partial charge in [-0.3, -0.25) is 4.79 Å². The number of fused-ring (bicyclic) bond motifs is 3. The zero-order valence-electron chi connectivity index (χ0n) is 16.0. The molecule has 1 aliphatic heterocycles. The molecular formula is C21H31ClN2O3. The monoisotopic (exact) mass is 394 g/mol. The fraction of sp³-hybridized carbons (Fsp3) is 0.667. The van der Waals surface area contributed by atoms with Crippen LogP contribution in [0.25, 0.3) is 0 Å². The molecule has 3 N–H and O–H groups in total. The van der Waals surface area contributed by atoms with Crippen LogP contribution >= 0.6 is 12.4 Å². The quantitative estimate of drug-likeness (QED) is 0.823. The van der Waals surface area contributed by atoms with E-state index in [1.807, 2.05) is 25.1 Å². The molecule has 2 aliphatic carbocycles. The zero-order valence-corrected chi connectivity index (χ0v) is 16.8. The smallest absolute Gasteiger partial charge is 0.227 e. The molecule has 0 radical (unpaired) electrons. The normalized spacial score (nSPS) is 31.7. The molecule has 0 spiro atoms. The highest BCUT2D eigenvalue weighted by atomic mass is 35.5. The summed E-state index contributed by atoms with van der Waals surface area (Å²) < 4.78 is 11.4. The molecule has 2 saturated carbocycles. The van der Waals surface area contributed by atoms with Crippen LogP contribution in [-0.4, -0.2) is 31.2 Å². The molecule has 5 nitrogen and oxygen atoms in total. The van der Waals surface area contributed by atoms with Crippen molar-refractivity contribution in [3.8, 4) is 11.5 Å². The Labute approximate surface area is 167 Å². The number of nitrogens with one attached hydrogen (secondary N) is 1. The maximum absolute atomic E-state index is 12.9. The number of rotatable bonds is 4. The number of amides is 1. The molecule has 3 unspecified atom stereocenters. The van der Waals surface area contributed by atoms with Gasteiger partial charge in [0.1, 0.15) is 18.1 Å². The summed E-state index contributed by atoms with van der Waals surface area (Å²) in [4.78, 5) is 12.9. The van der Waals surface area contributed by atoms with Crippen molar-refractivity contribution in [2.24, 2.45) is 23.5 Å². The van der Waals surface area contributed by atoms with E-state index in [1.54, 1.807) is 0 Å². The Morgan fingerprint density at radius 3 is 2.74 bits per heavy atom. The van der Waals surface area contributed by atoms with Gasteiger partial charge in [0.05, 0.1) is 12.5 Å². The molecule has 6 heteroatoms. The molecule has 0 aromatic heterocycles. The van der Waals surface area contributed by atoms with Crippen molar-refractivity contribution < 1.29 is 14.3 Å². The molecule has 1 aromatic rings. The van der Waals surface area contributed by atoms with Gasteiger partial charge < -0.3 is 20.5 Å². The van der Waals surface area contributed by atoms with Crippen molar-refractivity contribution in [2.75, 3.05) is 13.2 Å². The lowest BCUT2D eigenvalue weighted by molar-refractivity contribution is -0.128. The van der Waals surface area contributed by atoms with Gasteiger partial charge in [-0.15, -0.1) is 12.4 Å². The second-order valence-corrected chi connectivity index (χ2v) is 8.13. The Kier molecular flexibility index (Phi) is 6.53. The molecule has 4 rings (SSSR count). The second-order valence-electron chi connectivity index (χ2n) is 8.13. The molecule has 1 amide bonds. The van der Waals surface area contributed by atoms with E-state index >= 15 is 0 Å². The first-order valence-corrected chi connectivity index (χ1v) is 10.1. The van der Waals surface area contributed by atoms with Crippen LogP contribution in [0.2, 0.25) is 0 Å². The maximum Gasteiger partial charge on any atom is 0.227 e. The van der Waals surface area contributed by atoms with Gasteiger partial charge in [0.2, 0.25) is 5.91 Å². The Balaban J connectivity index is 0.00000210. The van der Waals surface area contributed by atoms with Gasteiger partial charge in [0.25, 0.3) is 0 Å². The lowest BCUT2D eigenvalue weighted by Gasteiger charge is -2.45. The fourth-order valence-electron chi connectivity index (χ4n) is 5.10. The van der Waals surface area contributed by atoms with Crippen molar-refractivity contribution in [2.45, 2.75) is 57.5 Å². The number of halogens is 1. The third-order valence-corrected chi connectivity index (χ3v) is 6.31. The maximum atomic E-state index is 12.9. The molecule has 2 fully saturated rings. The Morgan fingerprint density at radius 2 is 2.04 bits per heavy atom. The van der Waals surface area contributed by atoms with E-state index < -0.39 is 0 Å². The summed E-state index contributed by atoms with van der Waals surface area (Å²) in [6.07, 6.45) is 6.46. The van der Waals surface area contributed by atoms with E-state index in [0.29, 0.717) is 43.6 Å². The standard InChI is InChI=1S/C21H30N2O3.ClH/c1-2-25-18-6-7-19-15(11-18)8-16(12-26-19)21(24)23-20-13-4-3-5-14(20)10-17(22)9-13;/h6-7,11,13-14,16-17,20H,2-5,8-10,12,22H2,1H3,(H,23,24);1H. The van der Waals surface area contributed by atoms with Crippen molar-refractivity contribution >= 4 is 18.3 Å². The Bertz CT molecular complexity index is 655. The minimum atomic E-state index is -0.129. The third kappa shape index (κ3) is 4.35.